The van der Waals surface area contributed by atoms with E-state index in [1.54, 1.807) is 0 Å². The van der Waals surface area contributed by atoms with E-state index < -0.39 is 0 Å². The number of rotatable bonds is 30. The zero-order valence-electron chi connectivity index (χ0n) is 30.2. The second-order valence-corrected chi connectivity index (χ2v) is 15.5. The Morgan fingerprint density at radius 2 is 0.717 bits per heavy atom. The van der Waals surface area contributed by atoms with Gasteiger partial charge in [-0.3, -0.25) is 14.4 Å². The molecule has 46 heavy (non-hydrogen) atoms. The summed E-state index contributed by atoms with van der Waals surface area (Å²) in [6.45, 7) is 8.66. The predicted molar refractivity (Wildman–Crippen MR) is 186 cm³/mol. The Balaban J connectivity index is 1.49. The second-order valence-electron chi connectivity index (χ2n) is 15.5. The van der Waals surface area contributed by atoms with Crippen LogP contribution in [-0.2, 0) is 28.6 Å². The maximum absolute atomic E-state index is 12.1. The maximum Gasteiger partial charge on any atom is 0.132 e. The van der Waals surface area contributed by atoms with Crippen molar-refractivity contribution in [3.63, 3.8) is 0 Å². The molecule has 0 aromatic carbocycles. The summed E-state index contributed by atoms with van der Waals surface area (Å²) in [5, 5.41) is 0. The molecule has 0 spiro atoms. The van der Waals surface area contributed by atoms with E-state index in [4.69, 9.17) is 14.2 Å². The average Bonchev–Trinajstić information content (AvgIpc) is 3.02. The lowest BCUT2D eigenvalue weighted by atomic mass is 9.50. The Morgan fingerprint density at radius 1 is 0.435 bits per heavy atom. The molecule has 0 amide bonds. The van der Waals surface area contributed by atoms with Crippen molar-refractivity contribution in [1.29, 1.82) is 0 Å². The molecule has 6 heteroatoms. The highest BCUT2D eigenvalue weighted by Gasteiger charge is 2.65. The molecule has 4 bridgehead atoms. The standard InChI is InChI=1S/C40H70O6/c1-4-7-19-35(41)22-13-10-16-25-44-38-28-34-29-39(31-38,45-26-17-11-14-23-36(42)20-8-5-2)33-40(30-34,32-38)46-27-18-12-15-24-37(43)21-9-6-3/h34H,4-33H2,1-3H3. The number of unbranched alkanes of at least 4 members (excludes halogenated alkanes) is 9. The molecule has 4 aliphatic carbocycles. The zero-order valence-corrected chi connectivity index (χ0v) is 30.2. The van der Waals surface area contributed by atoms with Crippen LogP contribution in [0.15, 0.2) is 0 Å². The van der Waals surface area contributed by atoms with E-state index in [-0.39, 0.29) is 16.8 Å². The first-order valence-corrected chi connectivity index (χ1v) is 19.7. The van der Waals surface area contributed by atoms with Gasteiger partial charge in [-0.2, -0.15) is 0 Å². The Bertz CT molecular complexity index is 776. The fourth-order valence-corrected chi connectivity index (χ4v) is 8.83. The van der Waals surface area contributed by atoms with Crippen LogP contribution in [0.5, 0.6) is 0 Å². The molecule has 0 aromatic heterocycles. The number of carbonyl (C=O) groups excluding carboxylic acids is 3. The van der Waals surface area contributed by atoms with E-state index >= 15 is 0 Å². The fourth-order valence-electron chi connectivity index (χ4n) is 8.83. The van der Waals surface area contributed by atoms with Crippen LogP contribution in [-0.4, -0.2) is 54.0 Å². The predicted octanol–water partition coefficient (Wildman–Crippen LogP) is 10.2. The summed E-state index contributed by atoms with van der Waals surface area (Å²) in [5.74, 6) is 1.80. The largest absolute Gasteiger partial charge is 0.375 e. The highest BCUT2D eigenvalue weighted by molar-refractivity contribution is 5.78. The Labute approximate surface area is 282 Å². The van der Waals surface area contributed by atoms with Gasteiger partial charge >= 0.3 is 0 Å². The van der Waals surface area contributed by atoms with Gasteiger partial charge in [-0.25, -0.2) is 0 Å². The van der Waals surface area contributed by atoms with E-state index in [9.17, 15) is 14.4 Å². The quantitative estimate of drug-likeness (QED) is 0.0723. The van der Waals surface area contributed by atoms with Crippen molar-refractivity contribution in [2.45, 2.75) is 211 Å². The third-order valence-corrected chi connectivity index (χ3v) is 10.9. The van der Waals surface area contributed by atoms with Gasteiger partial charge in [0.15, 0.2) is 0 Å². The van der Waals surface area contributed by atoms with Crippen molar-refractivity contribution < 1.29 is 28.6 Å². The summed E-state index contributed by atoms with van der Waals surface area (Å²) in [6.07, 6.45) is 25.9. The van der Waals surface area contributed by atoms with Crippen LogP contribution in [0, 0.1) is 5.92 Å². The van der Waals surface area contributed by atoms with E-state index in [1.807, 2.05) is 0 Å². The minimum Gasteiger partial charge on any atom is -0.375 e. The van der Waals surface area contributed by atoms with Crippen LogP contribution < -0.4 is 0 Å². The van der Waals surface area contributed by atoms with Gasteiger partial charge in [0.2, 0.25) is 0 Å². The van der Waals surface area contributed by atoms with E-state index in [0.717, 1.165) is 174 Å². The van der Waals surface area contributed by atoms with Gasteiger partial charge in [-0.1, -0.05) is 59.3 Å². The maximum atomic E-state index is 12.1. The van der Waals surface area contributed by atoms with Crippen LogP contribution >= 0.6 is 0 Å². The fraction of sp³-hybridized carbons (Fsp3) is 0.925. The monoisotopic (exact) mass is 647 g/mol. The minimum absolute atomic E-state index is 0.173. The first-order valence-electron chi connectivity index (χ1n) is 19.7. The molecular formula is C40H70O6. The minimum atomic E-state index is -0.173. The molecular weight excluding hydrogens is 576 g/mol. The van der Waals surface area contributed by atoms with E-state index in [1.165, 1.54) is 0 Å². The third kappa shape index (κ3) is 13.8. The molecule has 0 aromatic rings. The summed E-state index contributed by atoms with van der Waals surface area (Å²) in [7, 11) is 0. The smallest absolute Gasteiger partial charge is 0.132 e. The topological polar surface area (TPSA) is 78.9 Å². The summed E-state index contributed by atoms with van der Waals surface area (Å²) in [6, 6.07) is 0. The molecule has 6 nitrogen and oxygen atoms in total. The zero-order chi connectivity index (χ0) is 33.1. The molecule has 4 saturated carbocycles. The first kappa shape index (κ1) is 39.3. The van der Waals surface area contributed by atoms with Gasteiger partial charge in [0.05, 0.1) is 16.8 Å². The summed E-state index contributed by atoms with van der Waals surface area (Å²) >= 11 is 0. The van der Waals surface area contributed by atoms with Gasteiger partial charge < -0.3 is 14.2 Å². The van der Waals surface area contributed by atoms with Crippen molar-refractivity contribution in [3.05, 3.63) is 0 Å². The number of ether oxygens (including phenoxy) is 3. The number of ketones is 3. The Hall–Kier alpha value is -1.11. The lowest BCUT2D eigenvalue weighted by Gasteiger charge is -2.65. The third-order valence-electron chi connectivity index (χ3n) is 10.9. The summed E-state index contributed by atoms with van der Waals surface area (Å²) in [4.78, 5) is 36.2. The van der Waals surface area contributed by atoms with Crippen LogP contribution in [0.1, 0.15) is 194 Å². The molecule has 0 N–H and O–H groups in total. The molecule has 4 rings (SSSR count). The number of hydrogen-bond acceptors (Lipinski definition) is 6. The molecule has 0 unspecified atom stereocenters. The Kier molecular flexibility index (Phi) is 18.0. The van der Waals surface area contributed by atoms with Crippen molar-refractivity contribution in [3.8, 4) is 0 Å². The van der Waals surface area contributed by atoms with Crippen LogP contribution in [0.4, 0.5) is 0 Å². The molecule has 4 aliphatic rings. The highest BCUT2D eigenvalue weighted by Crippen LogP contribution is 2.63. The molecule has 0 heterocycles. The Morgan fingerprint density at radius 3 is 1.00 bits per heavy atom. The first-order chi connectivity index (χ1) is 22.3. The van der Waals surface area contributed by atoms with E-state index in [0.29, 0.717) is 42.5 Å². The SMILES string of the molecule is CCCCC(=O)CCCCCOC12CC3CC(OCCCCCC(=O)CCCC)(C1)CC(OCCCCCC(=O)CCCC)(C3)C2. The van der Waals surface area contributed by atoms with Crippen molar-refractivity contribution in [1.82, 2.24) is 0 Å². The number of hydrogen-bond donors (Lipinski definition) is 0. The van der Waals surface area contributed by atoms with E-state index in [2.05, 4.69) is 20.8 Å². The molecule has 0 aliphatic heterocycles. The molecule has 0 atom stereocenters. The normalized spacial score (nSPS) is 26.5. The van der Waals surface area contributed by atoms with Crippen molar-refractivity contribution in [2.75, 3.05) is 19.8 Å². The lowest BCUT2D eigenvalue weighted by molar-refractivity contribution is -0.291. The molecule has 266 valence electrons. The number of carbonyl (C=O) groups is 3. The van der Waals surface area contributed by atoms with Gasteiger partial charge in [0, 0.05) is 77.6 Å². The summed E-state index contributed by atoms with van der Waals surface area (Å²) < 4.78 is 20.6. The van der Waals surface area contributed by atoms with Gasteiger partial charge in [-0.15, -0.1) is 0 Å². The highest BCUT2D eigenvalue weighted by atomic mass is 16.5. The van der Waals surface area contributed by atoms with Gasteiger partial charge in [0.25, 0.3) is 0 Å². The van der Waals surface area contributed by atoms with Crippen LogP contribution in [0.3, 0.4) is 0 Å². The molecule has 4 fully saturated rings. The van der Waals surface area contributed by atoms with Crippen molar-refractivity contribution >= 4 is 17.3 Å². The van der Waals surface area contributed by atoms with Gasteiger partial charge in [0.1, 0.15) is 17.3 Å². The van der Waals surface area contributed by atoms with Crippen LogP contribution in [0.25, 0.3) is 0 Å². The van der Waals surface area contributed by atoms with Gasteiger partial charge in [-0.05, 0) is 83.0 Å². The average molecular weight is 647 g/mol. The van der Waals surface area contributed by atoms with Crippen molar-refractivity contribution in [2.24, 2.45) is 5.92 Å². The van der Waals surface area contributed by atoms with Crippen LogP contribution in [0.2, 0.25) is 0 Å². The summed E-state index contributed by atoms with van der Waals surface area (Å²) in [5.41, 5.74) is -0.519. The molecule has 0 radical (unpaired) electrons. The second kappa shape index (κ2) is 21.1. The number of Topliss-reactive ketones (excluding diaryl/α,β-unsaturated/α-hetero) is 3. The molecule has 0 saturated heterocycles. The lowest BCUT2D eigenvalue weighted by Crippen LogP contribution is -2.68.